The minimum absolute atomic E-state index is 0.121. The van der Waals surface area contributed by atoms with Gasteiger partial charge in [0.1, 0.15) is 5.75 Å². The monoisotopic (exact) mass is 377 g/mol. The highest BCUT2D eigenvalue weighted by Crippen LogP contribution is 2.27. The Kier molecular flexibility index (Phi) is 5.99. The van der Waals surface area contributed by atoms with E-state index in [-0.39, 0.29) is 5.91 Å². The van der Waals surface area contributed by atoms with Crippen LogP contribution in [0.4, 0.5) is 0 Å². The summed E-state index contributed by atoms with van der Waals surface area (Å²) in [5.74, 6) is 1.62. The summed E-state index contributed by atoms with van der Waals surface area (Å²) in [4.78, 5) is 14.8. The van der Waals surface area contributed by atoms with Crippen molar-refractivity contribution in [2.75, 3.05) is 13.1 Å². The van der Waals surface area contributed by atoms with Gasteiger partial charge in [-0.3, -0.25) is 4.79 Å². The second-order valence-corrected chi connectivity index (χ2v) is 8.36. The molecule has 0 N–H and O–H groups in total. The fraction of sp³-hybridized carbons (Fsp3) is 0.480. The number of nitrogens with zero attached hydrogens (tertiary/aromatic N) is 1. The number of rotatable bonds is 5. The van der Waals surface area contributed by atoms with Gasteiger partial charge in [-0.25, -0.2) is 0 Å². The molecule has 28 heavy (non-hydrogen) atoms. The van der Waals surface area contributed by atoms with Crippen LogP contribution in [0.2, 0.25) is 0 Å². The predicted molar refractivity (Wildman–Crippen MR) is 113 cm³/mol. The predicted octanol–water partition coefficient (Wildman–Crippen LogP) is 4.81. The topological polar surface area (TPSA) is 29.5 Å². The lowest BCUT2D eigenvalue weighted by Gasteiger charge is -2.33. The highest BCUT2D eigenvalue weighted by atomic mass is 16.5. The van der Waals surface area contributed by atoms with Crippen molar-refractivity contribution in [3.05, 3.63) is 65.2 Å². The van der Waals surface area contributed by atoms with Gasteiger partial charge in [-0.1, -0.05) is 36.4 Å². The fourth-order valence-electron chi connectivity index (χ4n) is 4.60. The van der Waals surface area contributed by atoms with Crippen molar-refractivity contribution < 1.29 is 9.53 Å². The summed E-state index contributed by atoms with van der Waals surface area (Å²) in [5.41, 5.74) is 4.24. The van der Waals surface area contributed by atoms with Crippen molar-refractivity contribution in [1.29, 1.82) is 0 Å². The number of benzene rings is 2. The average molecular weight is 378 g/mol. The van der Waals surface area contributed by atoms with E-state index in [9.17, 15) is 4.79 Å². The molecule has 0 radical (unpaired) electrons. The zero-order chi connectivity index (χ0) is 19.3. The van der Waals surface area contributed by atoms with Gasteiger partial charge in [0.2, 0.25) is 0 Å². The van der Waals surface area contributed by atoms with Gasteiger partial charge in [0.15, 0.2) is 6.10 Å². The van der Waals surface area contributed by atoms with E-state index in [1.165, 1.54) is 36.0 Å². The molecule has 1 heterocycles. The molecule has 1 aliphatic carbocycles. The molecular weight excluding hydrogens is 346 g/mol. The number of ether oxygens (including phenoxy) is 1. The third kappa shape index (κ3) is 4.57. The van der Waals surface area contributed by atoms with Crippen LogP contribution in [0.1, 0.15) is 49.3 Å². The van der Waals surface area contributed by atoms with Gasteiger partial charge in [0.05, 0.1) is 0 Å². The van der Waals surface area contributed by atoms with Crippen LogP contribution in [0.15, 0.2) is 48.5 Å². The number of likely N-dealkylation sites (tertiary alicyclic amines) is 1. The van der Waals surface area contributed by atoms with Crippen molar-refractivity contribution in [3.8, 4) is 5.75 Å². The zero-order valence-corrected chi connectivity index (χ0v) is 16.9. The van der Waals surface area contributed by atoms with E-state index in [1.54, 1.807) is 0 Å². The average Bonchev–Trinajstić information content (AvgIpc) is 2.74. The normalized spacial score (nSPS) is 18.4. The van der Waals surface area contributed by atoms with Crippen molar-refractivity contribution in [2.45, 2.75) is 58.0 Å². The van der Waals surface area contributed by atoms with E-state index in [4.69, 9.17) is 4.74 Å². The SMILES string of the molecule is C[C@H](Oc1ccc2c(c1)CCCC2)C(=O)N1CCC(Cc2ccccc2)CC1. The molecular formula is C25H31NO2. The molecule has 3 heteroatoms. The largest absolute Gasteiger partial charge is 0.481 e. The maximum Gasteiger partial charge on any atom is 0.263 e. The van der Waals surface area contributed by atoms with Crippen LogP contribution in [0.5, 0.6) is 5.75 Å². The summed E-state index contributed by atoms with van der Waals surface area (Å²) < 4.78 is 6.03. The van der Waals surface area contributed by atoms with Gasteiger partial charge in [-0.2, -0.15) is 0 Å². The number of carbonyl (C=O) groups excluding carboxylic acids is 1. The Labute approximate surface area is 168 Å². The van der Waals surface area contributed by atoms with Gasteiger partial charge in [-0.05, 0) is 86.6 Å². The van der Waals surface area contributed by atoms with Crippen LogP contribution >= 0.6 is 0 Å². The minimum atomic E-state index is -0.424. The Morgan fingerprint density at radius 1 is 1.04 bits per heavy atom. The first-order valence-corrected chi connectivity index (χ1v) is 10.8. The zero-order valence-electron chi connectivity index (χ0n) is 16.9. The highest BCUT2D eigenvalue weighted by molar-refractivity contribution is 5.81. The van der Waals surface area contributed by atoms with E-state index in [1.807, 2.05) is 17.9 Å². The minimum Gasteiger partial charge on any atom is -0.481 e. The van der Waals surface area contributed by atoms with Gasteiger partial charge in [0.25, 0.3) is 5.91 Å². The number of hydrogen-bond donors (Lipinski definition) is 0. The molecule has 1 atom stereocenters. The molecule has 1 fully saturated rings. The third-order valence-corrected chi connectivity index (χ3v) is 6.27. The second-order valence-electron chi connectivity index (χ2n) is 8.36. The number of fused-ring (bicyclic) bond motifs is 1. The maximum atomic E-state index is 12.9. The number of carbonyl (C=O) groups is 1. The molecule has 148 valence electrons. The lowest BCUT2D eigenvalue weighted by molar-refractivity contribution is -0.139. The number of piperidine rings is 1. The molecule has 1 aliphatic heterocycles. The Morgan fingerprint density at radius 2 is 1.75 bits per heavy atom. The number of aryl methyl sites for hydroxylation is 2. The van der Waals surface area contributed by atoms with Gasteiger partial charge in [0, 0.05) is 13.1 Å². The quantitative estimate of drug-likeness (QED) is 0.748. The lowest BCUT2D eigenvalue weighted by Crippen LogP contribution is -2.45. The molecule has 0 aromatic heterocycles. The van der Waals surface area contributed by atoms with Crippen LogP contribution in [-0.4, -0.2) is 30.0 Å². The fourth-order valence-corrected chi connectivity index (χ4v) is 4.60. The van der Waals surface area contributed by atoms with Crippen LogP contribution < -0.4 is 4.74 Å². The van der Waals surface area contributed by atoms with E-state index in [0.717, 1.165) is 44.5 Å². The molecule has 0 unspecified atom stereocenters. The standard InChI is InChI=1S/C25H31NO2/c1-19(28-24-12-11-22-9-5-6-10-23(22)18-24)25(27)26-15-13-21(14-16-26)17-20-7-3-2-4-8-20/h2-4,7-8,11-12,18-19,21H,5-6,9-10,13-17H2,1H3/t19-/m0/s1. The summed E-state index contributed by atoms with van der Waals surface area (Å²) in [6, 6.07) is 17.0. The summed E-state index contributed by atoms with van der Waals surface area (Å²) >= 11 is 0. The molecule has 0 bridgehead atoms. The van der Waals surface area contributed by atoms with Crippen LogP contribution in [0.25, 0.3) is 0 Å². The highest BCUT2D eigenvalue weighted by Gasteiger charge is 2.27. The van der Waals surface area contributed by atoms with Crippen LogP contribution in [0.3, 0.4) is 0 Å². The molecule has 0 spiro atoms. The summed E-state index contributed by atoms with van der Waals surface area (Å²) in [5, 5.41) is 0. The number of amides is 1. The Balaban J connectivity index is 1.29. The van der Waals surface area contributed by atoms with Crippen molar-refractivity contribution >= 4 is 5.91 Å². The van der Waals surface area contributed by atoms with Gasteiger partial charge < -0.3 is 9.64 Å². The first-order chi connectivity index (χ1) is 13.7. The Morgan fingerprint density at radius 3 is 2.50 bits per heavy atom. The molecule has 2 aromatic carbocycles. The molecule has 4 rings (SSSR count). The summed E-state index contributed by atoms with van der Waals surface area (Å²) in [7, 11) is 0. The first kappa shape index (κ1) is 19.0. The van der Waals surface area contributed by atoms with E-state index in [2.05, 4.69) is 42.5 Å². The van der Waals surface area contributed by atoms with Crippen LogP contribution in [-0.2, 0) is 24.1 Å². The lowest BCUT2D eigenvalue weighted by atomic mass is 9.90. The molecule has 0 saturated carbocycles. The summed E-state index contributed by atoms with van der Waals surface area (Å²) in [6.07, 6.45) is 7.67. The molecule has 2 aliphatic rings. The summed E-state index contributed by atoms with van der Waals surface area (Å²) in [6.45, 7) is 3.57. The number of hydrogen-bond acceptors (Lipinski definition) is 2. The van der Waals surface area contributed by atoms with Crippen molar-refractivity contribution in [3.63, 3.8) is 0 Å². The van der Waals surface area contributed by atoms with Crippen molar-refractivity contribution in [2.24, 2.45) is 5.92 Å². The third-order valence-electron chi connectivity index (χ3n) is 6.27. The van der Waals surface area contributed by atoms with E-state index >= 15 is 0 Å². The van der Waals surface area contributed by atoms with Gasteiger partial charge >= 0.3 is 0 Å². The Hall–Kier alpha value is -2.29. The first-order valence-electron chi connectivity index (χ1n) is 10.8. The maximum absolute atomic E-state index is 12.9. The van der Waals surface area contributed by atoms with E-state index in [0.29, 0.717) is 5.92 Å². The smallest absolute Gasteiger partial charge is 0.263 e. The molecule has 2 aromatic rings. The second kappa shape index (κ2) is 8.81. The Bertz CT molecular complexity index is 793. The van der Waals surface area contributed by atoms with Gasteiger partial charge in [-0.15, -0.1) is 0 Å². The molecule has 1 amide bonds. The van der Waals surface area contributed by atoms with Crippen molar-refractivity contribution in [1.82, 2.24) is 4.90 Å². The molecule has 1 saturated heterocycles. The van der Waals surface area contributed by atoms with Crippen LogP contribution in [0, 0.1) is 5.92 Å². The van der Waals surface area contributed by atoms with E-state index < -0.39 is 6.10 Å². The molecule has 3 nitrogen and oxygen atoms in total.